The number of pyridine rings is 1. The summed E-state index contributed by atoms with van der Waals surface area (Å²) in [5.74, 6) is 0. The first-order valence-electron chi connectivity index (χ1n) is 8.45. The van der Waals surface area contributed by atoms with Crippen molar-refractivity contribution >= 4 is 29.0 Å². The smallest absolute Gasteiger partial charge is 0.253 e. The molecule has 5 heteroatoms. The highest BCUT2D eigenvalue weighted by Gasteiger charge is 2.16. The highest BCUT2D eigenvalue weighted by molar-refractivity contribution is 5.92. The van der Waals surface area contributed by atoms with Gasteiger partial charge in [-0.3, -0.25) is 4.79 Å². The fraction of sp³-hybridized carbons (Fsp3) is 0.250. The molecule has 130 valence electrons. The Kier molecular flexibility index (Phi) is 5.41. The number of rotatable bonds is 3. The molecule has 1 aliphatic heterocycles. The van der Waals surface area contributed by atoms with Gasteiger partial charge in [-0.25, -0.2) is 0 Å². The molecular weight excluding hydrogens is 334 g/mol. The maximum Gasteiger partial charge on any atom is 0.253 e. The molecule has 0 bridgehead atoms. The zero-order chi connectivity index (χ0) is 16.4. The van der Waals surface area contributed by atoms with Crippen LogP contribution in [0.3, 0.4) is 0 Å². The fourth-order valence-electron chi connectivity index (χ4n) is 3.41. The van der Waals surface area contributed by atoms with Crippen LogP contribution in [0.5, 0.6) is 0 Å². The van der Waals surface area contributed by atoms with Crippen molar-refractivity contribution in [2.75, 3.05) is 31.1 Å². The van der Waals surface area contributed by atoms with E-state index in [2.05, 4.69) is 28.4 Å². The molecule has 0 unspecified atom stereocenters. The largest absolute Gasteiger partial charge is 0.368 e. The van der Waals surface area contributed by atoms with Crippen molar-refractivity contribution in [1.29, 1.82) is 0 Å². The Morgan fingerprint density at radius 1 is 0.920 bits per heavy atom. The molecule has 25 heavy (non-hydrogen) atoms. The molecule has 2 aromatic carbocycles. The Balaban J connectivity index is 0.00000182. The average Bonchev–Trinajstić information content (AvgIpc) is 2.65. The van der Waals surface area contributed by atoms with E-state index in [0.717, 1.165) is 48.3 Å². The first-order valence-corrected chi connectivity index (χ1v) is 8.45. The number of para-hydroxylation sites is 1. The highest BCUT2D eigenvalue weighted by atomic mass is 35.5. The summed E-state index contributed by atoms with van der Waals surface area (Å²) < 4.78 is 1.87. The molecule has 0 radical (unpaired) electrons. The van der Waals surface area contributed by atoms with Crippen molar-refractivity contribution in [2.24, 2.45) is 0 Å². The lowest BCUT2D eigenvalue weighted by atomic mass is 10.1. The third-order valence-corrected chi connectivity index (χ3v) is 4.64. The number of hydrogen-bond donors (Lipinski definition) is 1. The van der Waals surface area contributed by atoms with Crippen molar-refractivity contribution in [3.63, 3.8) is 0 Å². The summed E-state index contributed by atoms with van der Waals surface area (Å²) in [6.07, 6.45) is 0. The molecule has 0 saturated carbocycles. The van der Waals surface area contributed by atoms with Crippen molar-refractivity contribution in [3.05, 3.63) is 76.6 Å². The van der Waals surface area contributed by atoms with Crippen molar-refractivity contribution < 1.29 is 0 Å². The van der Waals surface area contributed by atoms with Crippen LogP contribution in [0.1, 0.15) is 5.56 Å². The Morgan fingerprint density at radius 3 is 2.36 bits per heavy atom. The van der Waals surface area contributed by atoms with E-state index in [1.807, 2.05) is 41.0 Å². The van der Waals surface area contributed by atoms with Crippen LogP contribution in [0.4, 0.5) is 5.69 Å². The molecule has 1 aliphatic rings. The molecule has 4 nitrogen and oxygen atoms in total. The minimum atomic E-state index is 0. The fourth-order valence-corrected chi connectivity index (χ4v) is 3.41. The molecule has 1 N–H and O–H groups in total. The predicted octanol–water partition coefficient (Wildman–Crippen LogP) is 2.88. The Hall–Kier alpha value is -2.30. The summed E-state index contributed by atoms with van der Waals surface area (Å²) >= 11 is 0. The summed E-state index contributed by atoms with van der Waals surface area (Å²) in [6, 6.07) is 20.2. The number of anilines is 1. The van der Waals surface area contributed by atoms with E-state index in [1.54, 1.807) is 6.07 Å². The van der Waals surface area contributed by atoms with Gasteiger partial charge in [-0.05, 0) is 11.6 Å². The quantitative estimate of drug-likeness (QED) is 0.785. The van der Waals surface area contributed by atoms with Gasteiger partial charge in [-0.15, -0.1) is 12.4 Å². The third kappa shape index (κ3) is 3.55. The summed E-state index contributed by atoms with van der Waals surface area (Å²) in [5, 5.41) is 4.51. The van der Waals surface area contributed by atoms with E-state index in [0.29, 0.717) is 6.54 Å². The zero-order valence-electron chi connectivity index (χ0n) is 14.0. The summed E-state index contributed by atoms with van der Waals surface area (Å²) in [7, 11) is 0. The third-order valence-electron chi connectivity index (χ3n) is 4.64. The molecule has 3 aromatic rings. The van der Waals surface area contributed by atoms with Gasteiger partial charge in [0.15, 0.2) is 0 Å². The second kappa shape index (κ2) is 7.72. The number of nitrogens with zero attached hydrogens (tertiary/aromatic N) is 2. The van der Waals surface area contributed by atoms with Crippen LogP contribution < -0.4 is 15.8 Å². The molecule has 2 heterocycles. The lowest BCUT2D eigenvalue weighted by molar-refractivity contribution is 0.589. The normalized spacial score (nSPS) is 14.3. The first-order chi connectivity index (χ1) is 11.8. The Labute approximate surface area is 153 Å². The van der Waals surface area contributed by atoms with Crippen molar-refractivity contribution in [2.45, 2.75) is 6.54 Å². The van der Waals surface area contributed by atoms with Gasteiger partial charge in [0.2, 0.25) is 0 Å². The predicted molar refractivity (Wildman–Crippen MR) is 106 cm³/mol. The maximum atomic E-state index is 12.8. The lowest BCUT2D eigenvalue weighted by Gasteiger charge is -2.30. The lowest BCUT2D eigenvalue weighted by Crippen LogP contribution is -2.44. The van der Waals surface area contributed by atoms with Gasteiger partial charge < -0.3 is 14.8 Å². The number of aromatic nitrogens is 1. The zero-order valence-corrected chi connectivity index (χ0v) is 14.8. The maximum absolute atomic E-state index is 12.8. The number of nitrogens with one attached hydrogen (secondary N) is 1. The average molecular weight is 356 g/mol. The molecule has 1 aromatic heterocycles. The topological polar surface area (TPSA) is 37.3 Å². The molecule has 0 amide bonds. The second-order valence-corrected chi connectivity index (χ2v) is 6.19. The van der Waals surface area contributed by atoms with E-state index >= 15 is 0 Å². The van der Waals surface area contributed by atoms with Crippen LogP contribution in [0.2, 0.25) is 0 Å². The molecule has 1 saturated heterocycles. The summed E-state index contributed by atoms with van der Waals surface area (Å²) in [5.41, 5.74) is 3.26. The van der Waals surface area contributed by atoms with Gasteiger partial charge in [0.1, 0.15) is 0 Å². The number of benzene rings is 2. The monoisotopic (exact) mass is 355 g/mol. The molecule has 0 atom stereocenters. The van der Waals surface area contributed by atoms with Crippen LogP contribution in [-0.4, -0.2) is 30.7 Å². The van der Waals surface area contributed by atoms with E-state index in [-0.39, 0.29) is 18.0 Å². The SMILES string of the molecule is Cl.O=c1cc(N2CCNCC2)c2ccccc2n1Cc1ccccc1. The van der Waals surface area contributed by atoms with Crippen LogP contribution in [0.25, 0.3) is 10.9 Å². The van der Waals surface area contributed by atoms with Gasteiger partial charge in [0.25, 0.3) is 5.56 Å². The minimum Gasteiger partial charge on any atom is -0.368 e. The van der Waals surface area contributed by atoms with Gasteiger partial charge in [-0.1, -0.05) is 48.5 Å². The van der Waals surface area contributed by atoms with Crippen LogP contribution in [0.15, 0.2) is 65.5 Å². The Bertz CT molecular complexity index is 902. The number of fused-ring (bicyclic) bond motifs is 1. The summed E-state index contributed by atoms with van der Waals surface area (Å²) in [6.45, 7) is 4.39. The van der Waals surface area contributed by atoms with Crippen LogP contribution in [0, 0.1) is 0 Å². The van der Waals surface area contributed by atoms with E-state index in [1.165, 1.54) is 0 Å². The highest BCUT2D eigenvalue weighted by Crippen LogP contribution is 2.25. The van der Waals surface area contributed by atoms with Gasteiger partial charge >= 0.3 is 0 Å². The molecule has 4 rings (SSSR count). The van der Waals surface area contributed by atoms with Gasteiger partial charge in [-0.2, -0.15) is 0 Å². The van der Waals surface area contributed by atoms with Gasteiger partial charge in [0.05, 0.1) is 17.7 Å². The van der Waals surface area contributed by atoms with Crippen molar-refractivity contribution in [3.8, 4) is 0 Å². The minimum absolute atomic E-state index is 0. The standard InChI is InChI=1S/C20H21N3O.ClH/c24-20-14-19(22-12-10-21-11-13-22)17-8-4-5-9-18(17)23(20)15-16-6-2-1-3-7-16;/h1-9,14,21H,10-13,15H2;1H. The molecule has 1 fully saturated rings. The van der Waals surface area contributed by atoms with Crippen molar-refractivity contribution in [1.82, 2.24) is 9.88 Å². The number of hydrogen-bond acceptors (Lipinski definition) is 3. The second-order valence-electron chi connectivity index (χ2n) is 6.19. The van der Waals surface area contributed by atoms with Gasteiger partial charge in [0, 0.05) is 37.6 Å². The number of piperazine rings is 1. The van der Waals surface area contributed by atoms with E-state index in [4.69, 9.17) is 0 Å². The number of halogens is 1. The van der Waals surface area contributed by atoms with Crippen LogP contribution in [-0.2, 0) is 6.54 Å². The van der Waals surface area contributed by atoms with Crippen LogP contribution >= 0.6 is 12.4 Å². The van der Waals surface area contributed by atoms with E-state index < -0.39 is 0 Å². The molecule has 0 spiro atoms. The Morgan fingerprint density at radius 2 is 1.60 bits per heavy atom. The first kappa shape index (κ1) is 17.5. The molecular formula is C20H22ClN3O. The van der Waals surface area contributed by atoms with E-state index in [9.17, 15) is 4.79 Å². The summed E-state index contributed by atoms with van der Waals surface area (Å²) in [4.78, 5) is 15.1. The molecule has 0 aliphatic carbocycles.